The van der Waals surface area contributed by atoms with Gasteiger partial charge in [0.1, 0.15) is 30.0 Å². The summed E-state index contributed by atoms with van der Waals surface area (Å²) in [5.41, 5.74) is 2.50. The Balaban J connectivity index is 1.59. The molecule has 7 heteroatoms. The van der Waals surface area contributed by atoms with Crippen LogP contribution in [0.5, 0.6) is 17.2 Å². The Kier molecular flexibility index (Phi) is 6.15. The molecule has 4 rings (SSSR count). The van der Waals surface area contributed by atoms with Crippen LogP contribution in [0.2, 0.25) is 15.1 Å². The van der Waals surface area contributed by atoms with Crippen molar-refractivity contribution < 1.29 is 13.9 Å². The van der Waals surface area contributed by atoms with Crippen molar-refractivity contribution in [3.05, 3.63) is 96.8 Å². The van der Waals surface area contributed by atoms with Gasteiger partial charge in [0.15, 0.2) is 0 Å². The van der Waals surface area contributed by atoms with E-state index in [0.29, 0.717) is 43.1 Å². The average molecular weight is 476 g/mol. The molecule has 0 aliphatic rings. The summed E-state index contributed by atoms with van der Waals surface area (Å²) in [7, 11) is 0. The normalized spacial score (nSPS) is 11.0. The maximum Gasteiger partial charge on any atom is 0.235 e. The summed E-state index contributed by atoms with van der Waals surface area (Å²) in [4.78, 5) is 12.9. The van der Waals surface area contributed by atoms with Crippen LogP contribution in [-0.4, -0.2) is 0 Å². The molecule has 3 aromatic carbocycles. The molecule has 1 heterocycles. The fourth-order valence-corrected chi connectivity index (χ4v) is 3.78. The number of aryl methyl sites for hydroxylation is 2. The van der Waals surface area contributed by atoms with E-state index in [1.807, 2.05) is 13.8 Å². The lowest BCUT2D eigenvalue weighted by molar-refractivity contribution is 0.306. The minimum absolute atomic E-state index is 0.0881. The fourth-order valence-electron chi connectivity index (χ4n) is 3.17. The number of benzene rings is 3. The summed E-state index contributed by atoms with van der Waals surface area (Å²) in [5, 5.41) is 2.09. The molecule has 0 bridgehead atoms. The van der Waals surface area contributed by atoms with Gasteiger partial charge < -0.3 is 13.9 Å². The first kappa shape index (κ1) is 21.6. The molecule has 4 aromatic rings. The largest absolute Gasteiger partial charge is 0.489 e. The molecule has 0 saturated heterocycles. The second kappa shape index (κ2) is 8.83. The molecule has 4 nitrogen and oxygen atoms in total. The number of hydrogen-bond acceptors (Lipinski definition) is 4. The molecule has 0 amide bonds. The van der Waals surface area contributed by atoms with Gasteiger partial charge in [-0.25, -0.2) is 0 Å². The molecule has 0 radical (unpaired) electrons. The third-order valence-corrected chi connectivity index (χ3v) is 6.10. The van der Waals surface area contributed by atoms with Gasteiger partial charge in [0.05, 0.1) is 5.39 Å². The van der Waals surface area contributed by atoms with Crippen molar-refractivity contribution in [1.29, 1.82) is 0 Å². The van der Waals surface area contributed by atoms with E-state index in [1.165, 1.54) is 6.26 Å². The minimum atomic E-state index is -0.285. The standard InChI is InChI=1S/C24H17Cl3O4/c1-13-8-16(9-14(2)23(13)27)31-22-12-30-21-10-15(6-7-17(21)24(22)28)29-11-18-19(25)4-3-5-20(18)26/h3-10,12H,11H2,1-2H3. The van der Waals surface area contributed by atoms with E-state index < -0.39 is 0 Å². The van der Waals surface area contributed by atoms with Crippen LogP contribution in [0.15, 0.2) is 64.0 Å². The zero-order valence-corrected chi connectivity index (χ0v) is 18.9. The fraction of sp³-hybridized carbons (Fsp3) is 0.125. The summed E-state index contributed by atoms with van der Waals surface area (Å²) in [5.74, 6) is 1.12. The van der Waals surface area contributed by atoms with Gasteiger partial charge in [0, 0.05) is 26.7 Å². The molecule has 0 unspecified atom stereocenters. The molecule has 0 fully saturated rings. The Bertz CT molecular complexity index is 1300. The minimum Gasteiger partial charge on any atom is -0.489 e. The van der Waals surface area contributed by atoms with Crippen molar-refractivity contribution in [2.45, 2.75) is 20.5 Å². The predicted octanol–water partition coefficient (Wildman–Crippen LogP) is 7.74. The molecule has 0 aliphatic heterocycles. The van der Waals surface area contributed by atoms with Gasteiger partial charge in [-0.05, 0) is 61.4 Å². The summed E-state index contributed by atoms with van der Waals surface area (Å²) >= 11 is 18.6. The summed E-state index contributed by atoms with van der Waals surface area (Å²) in [6.07, 6.45) is 1.29. The lowest BCUT2D eigenvalue weighted by Gasteiger charge is -2.11. The number of hydrogen-bond donors (Lipinski definition) is 0. The number of fused-ring (bicyclic) bond motifs is 1. The van der Waals surface area contributed by atoms with Crippen molar-refractivity contribution in [1.82, 2.24) is 0 Å². The third-order valence-electron chi connectivity index (χ3n) is 4.80. The molecule has 1 aromatic heterocycles. The Morgan fingerprint density at radius 2 is 1.58 bits per heavy atom. The highest BCUT2D eigenvalue weighted by atomic mass is 35.5. The Morgan fingerprint density at radius 1 is 0.903 bits per heavy atom. The summed E-state index contributed by atoms with van der Waals surface area (Å²) in [6.45, 7) is 3.94. The van der Waals surface area contributed by atoms with Crippen LogP contribution in [0.3, 0.4) is 0 Å². The Hall–Kier alpha value is -2.66. The van der Waals surface area contributed by atoms with Gasteiger partial charge in [-0.15, -0.1) is 0 Å². The topological polar surface area (TPSA) is 48.7 Å². The van der Waals surface area contributed by atoms with Crippen LogP contribution in [-0.2, 0) is 6.61 Å². The van der Waals surface area contributed by atoms with E-state index in [2.05, 4.69) is 0 Å². The molecule has 0 N–H and O–H groups in total. The summed E-state index contributed by atoms with van der Waals surface area (Å²) in [6, 6.07) is 13.8. The highest BCUT2D eigenvalue weighted by Gasteiger charge is 2.13. The van der Waals surface area contributed by atoms with Gasteiger partial charge in [0.2, 0.25) is 11.2 Å². The third kappa shape index (κ3) is 4.52. The molecule has 0 saturated carbocycles. The maximum absolute atomic E-state index is 12.9. The van der Waals surface area contributed by atoms with E-state index in [-0.39, 0.29) is 17.8 Å². The second-order valence-electron chi connectivity index (χ2n) is 7.05. The van der Waals surface area contributed by atoms with Crippen molar-refractivity contribution in [3.63, 3.8) is 0 Å². The van der Waals surface area contributed by atoms with E-state index in [9.17, 15) is 4.79 Å². The molecule has 0 spiro atoms. The van der Waals surface area contributed by atoms with Crippen molar-refractivity contribution in [2.24, 2.45) is 0 Å². The SMILES string of the molecule is Cc1cc(Oc2coc3cc(OCc4c(Cl)cccc4Cl)ccc3c2=O)cc(C)c1Cl. The van der Waals surface area contributed by atoms with Crippen LogP contribution in [0.25, 0.3) is 11.0 Å². The Morgan fingerprint density at radius 3 is 2.26 bits per heavy atom. The molecule has 158 valence electrons. The molecule has 0 aliphatic carbocycles. The quantitative estimate of drug-likeness (QED) is 0.296. The monoisotopic (exact) mass is 474 g/mol. The lowest BCUT2D eigenvalue weighted by atomic mass is 10.1. The van der Waals surface area contributed by atoms with Crippen molar-refractivity contribution in [3.8, 4) is 17.2 Å². The van der Waals surface area contributed by atoms with E-state index in [0.717, 1.165) is 11.1 Å². The number of halogens is 3. The predicted molar refractivity (Wildman–Crippen MR) is 124 cm³/mol. The first-order valence-electron chi connectivity index (χ1n) is 9.39. The van der Waals surface area contributed by atoms with Crippen molar-refractivity contribution in [2.75, 3.05) is 0 Å². The Labute approximate surface area is 193 Å². The van der Waals surface area contributed by atoms with Crippen LogP contribution >= 0.6 is 34.8 Å². The van der Waals surface area contributed by atoms with Gasteiger partial charge in [-0.3, -0.25) is 4.79 Å². The van der Waals surface area contributed by atoms with E-state index >= 15 is 0 Å². The lowest BCUT2D eigenvalue weighted by Crippen LogP contribution is -2.05. The van der Waals surface area contributed by atoms with E-state index in [4.69, 9.17) is 48.7 Å². The second-order valence-corrected chi connectivity index (χ2v) is 8.24. The number of rotatable bonds is 5. The molecular weight excluding hydrogens is 459 g/mol. The first-order valence-corrected chi connectivity index (χ1v) is 10.5. The van der Waals surface area contributed by atoms with Crippen LogP contribution in [0.4, 0.5) is 0 Å². The molecule has 31 heavy (non-hydrogen) atoms. The molecular formula is C24H17Cl3O4. The van der Waals surface area contributed by atoms with Crippen LogP contribution in [0.1, 0.15) is 16.7 Å². The maximum atomic E-state index is 12.9. The van der Waals surface area contributed by atoms with Gasteiger partial charge >= 0.3 is 0 Å². The highest BCUT2D eigenvalue weighted by Crippen LogP contribution is 2.30. The molecule has 0 atom stereocenters. The number of ether oxygens (including phenoxy) is 2. The van der Waals surface area contributed by atoms with Gasteiger partial charge in [0.25, 0.3) is 0 Å². The average Bonchev–Trinajstić information content (AvgIpc) is 2.73. The van der Waals surface area contributed by atoms with Crippen LogP contribution < -0.4 is 14.9 Å². The van der Waals surface area contributed by atoms with Crippen molar-refractivity contribution >= 4 is 45.8 Å². The smallest absolute Gasteiger partial charge is 0.235 e. The van der Waals surface area contributed by atoms with Gasteiger partial charge in [-0.2, -0.15) is 0 Å². The van der Waals surface area contributed by atoms with E-state index in [1.54, 1.807) is 48.5 Å². The van der Waals surface area contributed by atoms with Gasteiger partial charge in [-0.1, -0.05) is 40.9 Å². The first-order chi connectivity index (χ1) is 14.8. The zero-order valence-electron chi connectivity index (χ0n) is 16.7. The highest BCUT2D eigenvalue weighted by molar-refractivity contribution is 6.36. The zero-order chi connectivity index (χ0) is 22.1. The van der Waals surface area contributed by atoms with Crippen LogP contribution in [0, 0.1) is 13.8 Å². The summed E-state index contributed by atoms with van der Waals surface area (Å²) < 4.78 is 17.2.